The van der Waals surface area contributed by atoms with Gasteiger partial charge in [-0.05, 0) is 50.6 Å². The van der Waals surface area contributed by atoms with Crippen LogP contribution in [-0.2, 0) is 0 Å². The molecule has 0 spiro atoms. The van der Waals surface area contributed by atoms with Crippen molar-refractivity contribution in [1.29, 1.82) is 0 Å². The van der Waals surface area contributed by atoms with E-state index < -0.39 is 23.8 Å². The zero-order chi connectivity index (χ0) is 17.1. The number of halogens is 2. The molecule has 122 valence electrons. The van der Waals surface area contributed by atoms with E-state index in [1.807, 2.05) is 6.92 Å². The molecule has 4 nitrogen and oxygen atoms in total. The minimum Gasteiger partial charge on any atom is -0.386 e. The summed E-state index contributed by atoms with van der Waals surface area (Å²) in [4.78, 5) is 16.5. The van der Waals surface area contributed by atoms with E-state index in [0.29, 0.717) is 11.3 Å². The van der Waals surface area contributed by atoms with Crippen molar-refractivity contribution in [3.05, 3.63) is 64.5 Å². The molecule has 0 bridgehead atoms. The van der Waals surface area contributed by atoms with E-state index in [0.717, 1.165) is 17.8 Å². The molecule has 0 radical (unpaired) electrons. The first kappa shape index (κ1) is 17.0. The average molecular weight is 320 g/mol. The largest absolute Gasteiger partial charge is 0.386 e. The van der Waals surface area contributed by atoms with Crippen LogP contribution in [0.5, 0.6) is 0 Å². The van der Waals surface area contributed by atoms with Crippen LogP contribution in [0.4, 0.5) is 8.78 Å². The van der Waals surface area contributed by atoms with Crippen molar-refractivity contribution in [2.45, 2.75) is 32.9 Å². The molecule has 0 fully saturated rings. The average Bonchev–Trinajstić information content (AvgIpc) is 2.49. The summed E-state index contributed by atoms with van der Waals surface area (Å²) in [6, 6.07) is 5.83. The lowest BCUT2D eigenvalue weighted by molar-refractivity contribution is 0.0850. The number of amides is 1. The smallest absolute Gasteiger partial charge is 0.253 e. The van der Waals surface area contributed by atoms with Gasteiger partial charge in [0.05, 0.1) is 23.4 Å². The van der Waals surface area contributed by atoms with E-state index in [4.69, 9.17) is 0 Å². The van der Waals surface area contributed by atoms with Gasteiger partial charge in [-0.15, -0.1) is 0 Å². The van der Waals surface area contributed by atoms with E-state index >= 15 is 0 Å². The van der Waals surface area contributed by atoms with Gasteiger partial charge >= 0.3 is 0 Å². The van der Waals surface area contributed by atoms with E-state index in [9.17, 15) is 18.7 Å². The summed E-state index contributed by atoms with van der Waals surface area (Å²) in [5, 5.41) is 12.8. The summed E-state index contributed by atoms with van der Waals surface area (Å²) in [5.74, 6) is -2.42. The van der Waals surface area contributed by atoms with Gasteiger partial charge in [0, 0.05) is 5.69 Å². The number of benzene rings is 1. The first-order chi connectivity index (χ1) is 10.8. The summed E-state index contributed by atoms with van der Waals surface area (Å²) in [5.41, 5.74) is 1.97. The molecule has 1 amide bonds. The molecule has 2 N–H and O–H groups in total. The van der Waals surface area contributed by atoms with Gasteiger partial charge in [-0.1, -0.05) is 6.07 Å². The summed E-state index contributed by atoms with van der Waals surface area (Å²) < 4.78 is 26.2. The molecule has 0 saturated carbocycles. The highest BCUT2D eigenvalue weighted by Crippen LogP contribution is 2.20. The van der Waals surface area contributed by atoms with Gasteiger partial charge in [0.1, 0.15) is 0 Å². The predicted molar refractivity (Wildman–Crippen MR) is 82.0 cm³/mol. The Morgan fingerprint density at radius 3 is 2.48 bits per heavy atom. The normalized spacial score (nSPS) is 13.5. The number of aryl methyl sites for hydroxylation is 2. The maximum Gasteiger partial charge on any atom is 0.253 e. The molecule has 2 unspecified atom stereocenters. The van der Waals surface area contributed by atoms with Crippen LogP contribution >= 0.6 is 0 Å². The Morgan fingerprint density at radius 1 is 1.17 bits per heavy atom. The molecule has 2 rings (SSSR count). The Morgan fingerprint density at radius 2 is 1.87 bits per heavy atom. The van der Waals surface area contributed by atoms with Crippen molar-refractivity contribution in [3.63, 3.8) is 0 Å². The SMILES string of the molecule is Cc1ccc(C(=O)NC(C)C(O)c2ccc(F)c(F)c2)c(C)n1. The Hall–Kier alpha value is -2.34. The van der Waals surface area contributed by atoms with Crippen molar-refractivity contribution in [2.75, 3.05) is 0 Å². The van der Waals surface area contributed by atoms with Crippen molar-refractivity contribution >= 4 is 5.91 Å². The molecule has 0 aliphatic rings. The van der Waals surface area contributed by atoms with Gasteiger partial charge in [-0.25, -0.2) is 8.78 Å². The topological polar surface area (TPSA) is 62.2 Å². The van der Waals surface area contributed by atoms with Gasteiger partial charge in [0.2, 0.25) is 0 Å². The number of nitrogens with one attached hydrogen (secondary N) is 1. The third kappa shape index (κ3) is 3.90. The lowest BCUT2D eigenvalue weighted by Crippen LogP contribution is -2.37. The molecule has 1 heterocycles. The number of carbonyl (C=O) groups is 1. The number of hydrogen-bond acceptors (Lipinski definition) is 3. The van der Waals surface area contributed by atoms with Crippen molar-refractivity contribution < 1.29 is 18.7 Å². The van der Waals surface area contributed by atoms with Crippen LogP contribution in [0, 0.1) is 25.5 Å². The van der Waals surface area contributed by atoms with Crippen LogP contribution in [0.15, 0.2) is 30.3 Å². The molecule has 1 aromatic carbocycles. The highest BCUT2D eigenvalue weighted by Gasteiger charge is 2.21. The quantitative estimate of drug-likeness (QED) is 0.910. The molecule has 2 aromatic rings. The number of hydrogen-bond donors (Lipinski definition) is 2. The second-order valence-corrected chi connectivity index (χ2v) is 5.47. The first-order valence-corrected chi connectivity index (χ1v) is 7.17. The Kier molecular flexibility index (Phi) is 5.05. The fourth-order valence-electron chi connectivity index (χ4n) is 2.28. The van der Waals surface area contributed by atoms with Crippen LogP contribution in [0.3, 0.4) is 0 Å². The standard InChI is InChI=1S/C17H18F2N2O2/c1-9-4-6-13(10(2)20-9)17(23)21-11(3)16(22)12-5-7-14(18)15(19)8-12/h4-8,11,16,22H,1-3H3,(H,21,23). The van der Waals surface area contributed by atoms with Crippen molar-refractivity contribution in [3.8, 4) is 0 Å². The number of aliphatic hydroxyl groups excluding tert-OH is 1. The molecular formula is C17H18F2N2O2. The molecule has 23 heavy (non-hydrogen) atoms. The first-order valence-electron chi connectivity index (χ1n) is 7.17. The third-order valence-corrected chi connectivity index (χ3v) is 3.59. The minimum atomic E-state index is -1.16. The van der Waals surface area contributed by atoms with E-state index in [1.165, 1.54) is 6.07 Å². The van der Waals surface area contributed by atoms with Crippen LogP contribution in [0.1, 0.15) is 40.3 Å². The number of aliphatic hydroxyl groups is 1. The van der Waals surface area contributed by atoms with Gasteiger partial charge in [-0.2, -0.15) is 0 Å². The highest BCUT2D eigenvalue weighted by atomic mass is 19.2. The second kappa shape index (κ2) is 6.83. The van der Waals surface area contributed by atoms with Crippen molar-refractivity contribution in [1.82, 2.24) is 10.3 Å². The maximum absolute atomic E-state index is 13.2. The van der Waals surface area contributed by atoms with Gasteiger partial charge in [-0.3, -0.25) is 9.78 Å². The monoisotopic (exact) mass is 320 g/mol. The highest BCUT2D eigenvalue weighted by molar-refractivity contribution is 5.95. The van der Waals surface area contributed by atoms with E-state index in [-0.39, 0.29) is 11.5 Å². The Bertz CT molecular complexity index is 735. The minimum absolute atomic E-state index is 0.190. The Labute approximate surface area is 133 Å². The fourth-order valence-corrected chi connectivity index (χ4v) is 2.28. The van der Waals surface area contributed by atoms with Gasteiger partial charge in [0.25, 0.3) is 5.91 Å². The molecule has 0 aliphatic heterocycles. The zero-order valence-electron chi connectivity index (χ0n) is 13.1. The van der Waals surface area contributed by atoms with E-state index in [2.05, 4.69) is 10.3 Å². The zero-order valence-corrected chi connectivity index (χ0v) is 13.1. The summed E-state index contributed by atoms with van der Waals surface area (Å²) in [6.07, 6.45) is -1.16. The molecular weight excluding hydrogens is 302 g/mol. The van der Waals surface area contributed by atoms with Gasteiger partial charge in [0.15, 0.2) is 11.6 Å². The predicted octanol–water partition coefficient (Wildman–Crippen LogP) is 2.83. The molecule has 0 aliphatic carbocycles. The number of pyridine rings is 1. The molecule has 0 saturated heterocycles. The number of aromatic nitrogens is 1. The van der Waals surface area contributed by atoms with Crippen LogP contribution in [0.2, 0.25) is 0 Å². The van der Waals surface area contributed by atoms with Crippen LogP contribution in [0.25, 0.3) is 0 Å². The van der Waals surface area contributed by atoms with Gasteiger partial charge < -0.3 is 10.4 Å². The summed E-state index contributed by atoms with van der Waals surface area (Å²) >= 11 is 0. The molecule has 1 aromatic heterocycles. The number of carbonyl (C=O) groups excluding carboxylic acids is 1. The number of rotatable bonds is 4. The lowest BCUT2D eigenvalue weighted by Gasteiger charge is -2.21. The second-order valence-electron chi connectivity index (χ2n) is 5.47. The summed E-state index contributed by atoms with van der Waals surface area (Å²) in [6.45, 7) is 5.13. The maximum atomic E-state index is 13.2. The lowest BCUT2D eigenvalue weighted by atomic mass is 10.0. The molecule has 6 heteroatoms. The Balaban J connectivity index is 2.12. The fraction of sp³-hybridized carbons (Fsp3) is 0.294. The third-order valence-electron chi connectivity index (χ3n) is 3.59. The van der Waals surface area contributed by atoms with Crippen LogP contribution < -0.4 is 5.32 Å². The van der Waals surface area contributed by atoms with Crippen molar-refractivity contribution in [2.24, 2.45) is 0 Å². The molecule has 2 atom stereocenters. The van der Waals surface area contributed by atoms with Crippen LogP contribution in [-0.4, -0.2) is 22.0 Å². The number of nitrogens with zero attached hydrogens (tertiary/aromatic N) is 1. The summed E-state index contributed by atoms with van der Waals surface area (Å²) in [7, 11) is 0. The van der Waals surface area contributed by atoms with E-state index in [1.54, 1.807) is 26.0 Å².